The molecule has 2 aliphatic carbocycles. The normalized spacial score (nSPS) is 29.5. The number of allylic oxidation sites excluding steroid dienone is 1. The number of rotatable bonds is 9. The fraction of sp³-hybridized carbons (Fsp3) is 0.372. The van der Waals surface area contributed by atoms with Gasteiger partial charge in [-0.2, -0.15) is 9.98 Å². The Bertz CT molecular complexity index is 2540. The van der Waals surface area contributed by atoms with E-state index in [-0.39, 0.29) is 83.6 Å². The van der Waals surface area contributed by atoms with Gasteiger partial charge in [0.05, 0.1) is 24.5 Å². The van der Waals surface area contributed by atoms with Crippen molar-refractivity contribution >= 4 is 47.0 Å². The molecular formula is C43H41N5O14. The number of aliphatic imine (C=N–C) groups is 3. The van der Waals surface area contributed by atoms with E-state index in [2.05, 4.69) is 15.0 Å². The van der Waals surface area contributed by atoms with Gasteiger partial charge in [-0.05, 0) is 54.3 Å². The third-order valence-corrected chi connectivity index (χ3v) is 12.4. The van der Waals surface area contributed by atoms with Gasteiger partial charge in [-0.1, -0.05) is 24.3 Å². The number of anilines is 1. The number of nitrogens with two attached hydrogens (primary N) is 1. The third-order valence-electron chi connectivity index (χ3n) is 12.4. The number of ether oxygens (including phenoxy) is 4. The second-order valence-electron chi connectivity index (χ2n) is 15.9. The summed E-state index contributed by atoms with van der Waals surface area (Å²) in [6.45, 7) is -2.17. The molecule has 2 fully saturated rings. The first-order valence-corrected chi connectivity index (χ1v) is 19.8. The molecule has 4 aliphatic heterocycles. The minimum atomic E-state index is -2.51. The van der Waals surface area contributed by atoms with Gasteiger partial charge in [-0.25, -0.2) is 0 Å². The summed E-state index contributed by atoms with van der Waals surface area (Å²) in [5.74, 6) is -5.11. The second kappa shape index (κ2) is 15.6. The van der Waals surface area contributed by atoms with Crippen LogP contribution in [-0.2, 0) is 25.7 Å². The SMILES string of the molecule is NC1=NC(=O)C2=NCN(c3ccccc3[C@@H]3/C=C\OC[C@@H]4O[C@H](Oc5c3cc3c(c5OC[C@H](O)CC=O)C(=O)c5cc(CO)ccc5C3=O)[C@]3(O)[C@@H](CO)CC[C@@]4(O)[C@H]3O)C2=N1. The molecule has 8 atom stereocenters. The molecule has 6 aliphatic rings. The number of aliphatic hydroxyl groups excluding tert-OH is 4. The minimum absolute atomic E-state index is 0.0167. The number of hydrogen-bond acceptors (Lipinski definition) is 18. The fourth-order valence-electron chi connectivity index (χ4n) is 9.16. The lowest BCUT2D eigenvalue weighted by Crippen LogP contribution is -2.78. The summed E-state index contributed by atoms with van der Waals surface area (Å²) in [5, 5.41) is 67.5. The molecule has 0 unspecified atom stereocenters. The Morgan fingerprint density at radius 3 is 2.60 bits per heavy atom. The summed E-state index contributed by atoms with van der Waals surface area (Å²) in [6.07, 6.45) is -3.72. The van der Waals surface area contributed by atoms with E-state index >= 15 is 0 Å². The number of para-hydroxylation sites is 1. The van der Waals surface area contributed by atoms with Gasteiger partial charge >= 0.3 is 5.91 Å². The standard InChI is InChI=1S/C43H41N5O14/c44-41-46-37-32(38(55)47-41)45-19-48(37)29-4-2-1-3-24(29)23-9-12-59-18-30-42(57)10-7-21(16-51)43(58,39(42)56)40(61-30)62-35-27(23)14-28-31(36(35)60-17-22(52)8-11-49)34(54)26-13-20(15-50)5-6-25(26)33(28)53/h1-6,9,11-14,21-23,30,39-40,50-52,56-58H,7-8,10,15-19H2,(H2,44,47,55)/b12-9-/t21-,22-,23+,30+,39-,40-,42+,43+/m1/s1. The lowest BCUT2D eigenvalue weighted by molar-refractivity contribution is -0.381. The van der Waals surface area contributed by atoms with E-state index in [0.717, 1.165) is 0 Å². The zero-order chi connectivity index (χ0) is 43.7. The molecule has 322 valence electrons. The van der Waals surface area contributed by atoms with Gasteiger partial charge in [0.1, 0.15) is 44.0 Å². The van der Waals surface area contributed by atoms with Gasteiger partial charge in [-0.15, -0.1) is 0 Å². The maximum atomic E-state index is 14.8. The van der Waals surface area contributed by atoms with Crippen LogP contribution in [-0.4, -0.2) is 134 Å². The Kier molecular flexibility index (Phi) is 10.4. The molecule has 1 saturated heterocycles. The van der Waals surface area contributed by atoms with Gasteiger partial charge < -0.3 is 65.0 Å². The lowest BCUT2D eigenvalue weighted by atomic mass is 9.62. The van der Waals surface area contributed by atoms with Crippen LogP contribution in [0.2, 0.25) is 0 Å². The Hall–Kier alpha value is -6.19. The average Bonchev–Trinajstić information content (AvgIpc) is 3.68. The first kappa shape index (κ1) is 41.2. The highest BCUT2D eigenvalue weighted by molar-refractivity contribution is 6.72. The summed E-state index contributed by atoms with van der Waals surface area (Å²) >= 11 is 0. The van der Waals surface area contributed by atoms with Gasteiger partial charge in [0.25, 0.3) is 0 Å². The molecule has 0 spiro atoms. The first-order chi connectivity index (χ1) is 29.8. The number of amidine groups is 1. The van der Waals surface area contributed by atoms with E-state index in [1.54, 1.807) is 35.2 Å². The summed E-state index contributed by atoms with van der Waals surface area (Å²) < 4.78 is 25.3. The van der Waals surface area contributed by atoms with Crippen LogP contribution in [0.4, 0.5) is 5.69 Å². The topological polar surface area (TPSA) is 293 Å². The molecule has 0 radical (unpaired) electrons. The monoisotopic (exact) mass is 851 g/mol. The van der Waals surface area contributed by atoms with Crippen molar-refractivity contribution in [2.75, 3.05) is 31.4 Å². The zero-order valence-corrected chi connectivity index (χ0v) is 32.8. The van der Waals surface area contributed by atoms with Crippen LogP contribution in [0.5, 0.6) is 11.5 Å². The van der Waals surface area contributed by atoms with E-state index in [0.29, 0.717) is 23.1 Å². The Labute approximate surface area is 352 Å². The highest BCUT2D eigenvalue weighted by Gasteiger charge is 2.69. The van der Waals surface area contributed by atoms with Crippen LogP contribution in [0.3, 0.4) is 0 Å². The molecule has 62 heavy (non-hydrogen) atoms. The predicted molar refractivity (Wildman–Crippen MR) is 215 cm³/mol. The lowest BCUT2D eigenvalue weighted by Gasteiger charge is -2.59. The molecule has 19 heteroatoms. The van der Waals surface area contributed by atoms with Crippen molar-refractivity contribution < 1.29 is 68.8 Å². The van der Waals surface area contributed by atoms with Crippen molar-refractivity contribution in [2.45, 2.75) is 67.6 Å². The second-order valence-corrected chi connectivity index (χ2v) is 15.9. The van der Waals surface area contributed by atoms with Gasteiger partial charge in [0.15, 0.2) is 40.2 Å². The van der Waals surface area contributed by atoms with Crippen LogP contribution < -0.4 is 20.1 Å². The van der Waals surface area contributed by atoms with Gasteiger partial charge in [0, 0.05) is 52.8 Å². The third kappa shape index (κ3) is 6.34. The van der Waals surface area contributed by atoms with Crippen LogP contribution >= 0.6 is 0 Å². The number of nitrogens with zero attached hydrogens (tertiary/aromatic N) is 4. The molecule has 1 saturated carbocycles. The summed E-state index contributed by atoms with van der Waals surface area (Å²) in [6, 6.07) is 12.6. The summed E-state index contributed by atoms with van der Waals surface area (Å²) in [7, 11) is 0. The molecule has 9 rings (SSSR count). The summed E-state index contributed by atoms with van der Waals surface area (Å²) in [4.78, 5) is 67.7. The summed E-state index contributed by atoms with van der Waals surface area (Å²) in [5.41, 5.74) is 2.06. The quantitative estimate of drug-likeness (QED) is 0.107. The molecule has 4 bridgehead atoms. The molecule has 3 aromatic carbocycles. The number of carbonyl (C=O) groups excluding carboxylic acids is 4. The largest absolute Gasteiger partial charge is 0.499 e. The zero-order valence-electron chi connectivity index (χ0n) is 32.8. The molecule has 19 nitrogen and oxygen atoms in total. The number of carbonyl (C=O) groups is 4. The maximum Gasteiger partial charge on any atom is 0.302 e. The number of ketones is 2. The van der Waals surface area contributed by atoms with Crippen molar-refractivity contribution in [1.29, 1.82) is 0 Å². The number of guanidine groups is 1. The van der Waals surface area contributed by atoms with Crippen LogP contribution in [0, 0.1) is 5.92 Å². The van der Waals surface area contributed by atoms with E-state index in [4.69, 9.17) is 24.7 Å². The van der Waals surface area contributed by atoms with E-state index < -0.39 is 90.7 Å². The first-order valence-electron chi connectivity index (χ1n) is 19.8. The molecule has 1 amide bonds. The fourth-order valence-corrected chi connectivity index (χ4v) is 9.16. The van der Waals surface area contributed by atoms with Gasteiger partial charge in [-0.3, -0.25) is 19.4 Å². The molecule has 3 aromatic rings. The van der Waals surface area contributed by atoms with Crippen molar-refractivity contribution in [3.05, 3.63) is 99.8 Å². The number of fused-ring (bicyclic) bond motifs is 10. The van der Waals surface area contributed by atoms with Crippen LogP contribution in [0.1, 0.15) is 73.7 Å². The van der Waals surface area contributed by atoms with Crippen molar-refractivity contribution in [1.82, 2.24) is 0 Å². The highest BCUT2D eigenvalue weighted by Crippen LogP contribution is 2.53. The van der Waals surface area contributed by atoms with Crippen molar-refractivity contribution in [3.63, 3.8) is 0 Å². The maximum absolute atomic E-state index is 14.8. The smallest absolute Gasteiger partial charge is 0.302 e. The Morgan fingerprint density at radius 1 is 1.02 bits per heavy atom. The molecule has 8 N–H and O–H groups in total. The number of amides is 1. The van der Waals surface area contributed by atoms with Crippen LogP contribution in [0.15, 0.2) is 75.8 Å². The Morgan fingerprint density at radius 2 is 1.82 bits per heavy atom. The number of hydrogen-bond donors (Lipinski definition) is 7. The highest BCUT2D eigenvalue weighted by atomic mass is 16.7. The van der Waals surface area contributed by atoms with Crippen molar-refractivity contribution in [2.24, 2.45) is 26.6 Å². The Balaban J connectivity index is 1.32. The molecule has 0 aromatic heterocycles. The number of aliphatic hydroxyl groups is 6. The number of aldehydes is 1. The minimum Gasteiger partial charge on any atom is -0.499 e. The van der Waals surface area contributed by atoms with Crippen molar-refractivity contribution in [3.8, 4) is 11.5 Å². The number of benzene rings is 3. The van der Waals surface area contributed by atoms with E-state index in [9.17, 15) is 49.8 Å². The predicted octanol–water partition coefficient (Wildman–Crippen LogP) is -0.240. The molecular weight excluding hydrogens is 810 g/mol. The van der Waals surface area contributed by atoms with Gasteiger partial charge in [0.2, 0.25) is 12.2 Å². The van der Waals surface area contributed by atoms with E-state index in [1.165, 1.54) is 30.5 Å². The van der Waals surface area contributed by atoms with E-state index in [1.807, 2.05) is 0 Å². The molecule has 4 heterocycles. The van der Waals surface area contributed by atoms with Crippen LogP contribution in [0.25, 0.3) is 0 Å². The average molecular weight is 852 g/mol.